The molecule has 2 heterocycles. The largest absolute Gasteiger partial charge is 0.375 e. The van der Waals surface area contributed by atoms with Gasteiger partial charge < -0.3 is 11.1 Å². The topological polar surface area (TPSA) is 96.8 Å². The molecule has 2 aromatic rings. The van der Waals surface area contributed by atoms with Crippen molar-refractivity contribution in [2.24, 2.45) is 10.8 Å². The maximum atomic E-state index is 12.7. The molecule has 0 spiro atoms. The molecule has 7 nitrogen and oxygen atoms in total. The van der Waals surface area contributed by atoms with E-state index in [1.807, 2.05) is 19.9 Å². The van der Waals surface area contributed by atoms with Crippen LogP contribution in [0.15, 0.2) is 28.2 Å². The lowest BCUT2D eigenvalue weighted by atomic mass is 10.2. The van der Waals surface area contributed by atoms with Crippen LogP contribution in [0, 0.1) is 6.92 Å². The molecule has 0 saturated carbocycles. The van der Waals surface area contributed by atoms with E-state index in [1.165, 1.54) is 10.6 Å². The first-order valence-electron chi connectivity index (χ1n) is 7.31. The summed E-state index contributed by atoms with van der Waals surface area (Å²) in [7, 11) is 0. The second-order valence-corrected chi connectivity index (χ2v) is 5.69. The number of thiocarbonyl (C=S) groups is 1. The van der Waals surface area contributed by atoms with E-state index in [9.17, 15) is 4.79 Å². The highest BCUT2D eigenvalue weighted by atomic mass is 32.1. The summed E-state index contributed by atoms with van der Waals surface area (Å²) in [6.45, 7) is 5.99. The molecule has 0 aromatic carbocycles. The van der Waals surface area contributed by atoms with Crippen molar-refractivity contribution >= 4 is 35.0 Å². The van der Waals surface area contributed by atoms with Crippen molar-refractivity contribution < 1.29 is 0 Å². The lowest BCUT2D eigenvalue weighted by Gasteiger charge is -2.15. The highest BCUT2D eigenvalue weighted by Crippen LogP contribution is 2.13. The standard InChI is InChI=1S/C15H20N6OS/c1-4-10(3)18-12-11(8-17-20-15(16)23)14(22)21-7-5-6-9(2)13(21)19-12/h5-8,10,18H,4H2,1-3H3,(H3,16,20,23)/b17-8+. The number of nitrogens with one attached hydrogen (secondary N) is 2. The average Bonchev–Trinajstić information content (AvgIpc) is 2.51. The van der Waals surface area contributed by atoms with Gasteiger partial charge in [0.05, 0.1) is 6.21 Å². The smallest absolute Gasteiger partial charge is 0.268 e. The van der Waals surface area contributed by atoms with E-state index in [2.05, 4.69) is 27.8 Å². The van der Waals surface area contributed by atoms with Crippen LogP contribution in [0.5, 0.6) is 0 Å². The van der Waals surface area contributed by atoms with E-state index >= 15 is 0 Å². The predicted molar refractivity (Wildman–Crippen MR) is 97.1 cm³/mol. The Balaban J connectivity index is 2.62. The van der Waals surface area contributed by atoms with Gasteiger partial charge in [0.2, 0.25) is 0 Å². The van der Waals surface area contributed by atoms with Gasteiger partial charge in [0, 0.05) is 12.2 Å². The van der Waals surface area contributed by atoms with Crippen LogP contribution in [-0.4, -0.2) is 26.8 Å². The zero-order valence-electron chi connectivity index (χ0n) is 13.3. The third kappa shape index (κ3) is 3.84. The molecule has 1 atom stereocenters. The maximum Gasteiger partial charge on any atom is 0.268 e. The van der Waals surface area contributed by atoms with Gasteiger partial charge in [-0.2, -0.15) is 5.10 Å². The first kappa shape index (κ1) is 16.9. The number of hydrogen-bond acceptors (Lipinski definition) is 5. The van der Waals surface area contributed by atoms with Gasteiger partial charge >= 0.3 is 0 Å². The van der Waals surface area contributed by atoms with E-state index < -0.39 is 0 Å². The minimum atomic E-state index is -0.210. The van der Waals surface area contributed by atoms with Gasteiger partial charge in [-0.15, -0.1) is 0 Å². The van der Waals surface area contributed by atoms with Crippen LogP contribution < -0.4 is 22.0 Å². The Labute approximate surface area is 139 Å². The lowest BCUT2D eigenvalue weighted by Crippen LogP contribution is -2.27. The Kier molecular flexibility index (Phi) is 5.28. The summed E-state index contributed by atoms with van der Waals surface area (Å²) in [5, 5.41) is 7.17. The molecule has 1 unspecified atom stereocenters. The number of aromatic nitrogens is 2. The molecule has 2 aromatic heterocycles. The normalized spacial score (nSPS) is 12.5. The van der Waals surface area contributed by atoms with E-state index in [0.29, 0.717) is 17.0 Å². The summed E-state index contributed by atoms with van der Waals surface area (Å²) in [5.74, 6) is 0.493. The summed E-state index contributed by atoms with van der Waals surface area (Å²) in [5.41, 5.74) is 9.45. The van der Waals surface area contributed by atoms with Crippen LogP contribution in [0.25, 0.3) is 5.65 Å². The highest BCUT2D eigenvalue weighted by molar-refractivity contribution is 7.80. The maximum absolute atomic E-state index is 12.7. The van der Waals surface area contributed by atoms with E-state index in [1.54, 1.807) is 12.3 Å². The number of hydrazone groups is 1. The van der Waals surface area contributed by atoms with Crippen molar-refractivity contribution in [2.75, 3.05) is 5.32 Å². The molecule has 0 radical (unpaired) electrons. The number of aryl methyl sites for hydroxylation is 1. The molecule has 0 aliphatic carbocycles. The molecule has 2 rings (SSSR count). The lowest BCUT2D eigenvalue weighted by molar-refractivity contribution is 0.758. The minimum absolute atomic E-state index is 0.0300. The van der Waals surface area contributed by atoms with Gasteiger partial charge in [0.25, 0.3) is 5.56 Å². The van der Waals surface area contributed by atoms with Gasteiger partial charge in [-0.25, -0.2) is 4.98 Å². The molecule has 4 N–H and O–H groups in total. The fraction of sp³-hybridized carbons (Fsp3) is 0.333. The quantitative estimate of drug-likeness (QED) is 0.435. The highest BCUT2D eigenvalue weighted by Gasteiger charge is 2.13. The number of nitrogens with zero attached hydrogens (tertiary/aromatic N) is 3. The van der Waals surface area contributed by atoms with Gasteiger partial charge in [0.15, 0.2) is 5.11 Å². The Hall–Kier alpha value is -2.48. The molecule has 0 aliphatic rings. The van der Waals surface area contributed by atoms with Crippen LogP contribution in [-0.2, 0) is 0 Å². The number of hydrogen-bond donors (Lipinski definition) is 3. The van der Waals surface area contributed by atoms with Crippen molar-refractivity contribution in [1.29, 1.82) is 0 Å². The van der Waals surface area contributed by atoms with E-state index in [4.69, 9.17) is 18.0 Å². The van der Waals surface area contributed by atoms with Crippen LogP contribution in [0.3, 0.4) is 0 Å². The van der Waals surface area contributed by atoms with Gasteiger partial charge in [-0.1, -0.05) is 13.0 Å². The SMILES string of the molecule is CCC(C)Nc1nc2c(C)cccn2c(=O)c1/C=N/NC(N)=S. The summed E-state index contributed by atoms with van der Waals surface area (Å²) >= 11 is 4.70. The first-order valence-corrected chi connectivity index (χ1v) is 7.72. The second-order valence-electron chi connectivity index (χ2n) is 5.25. The fourth-order valence-electron chi connectivity index (χ4n) is 2.03. The Morgan fingerprint density at radius 2 is 2.35 bits per heavy atom. The van der Waals surface area contributed by atoms with Crippen LogP contribution in [0.1, 0.15) is 31.4 Å². The molecule has 23 heavy (non-hydrogen) atoms. The average molecular weight is 332 g/mol. The van der Waals surface area contributed by atoms with E-state index in [-0.39, 0.29) is 16.7 Å². The molecule has 0 aliphatic heterocycles. The molecule has 0 bridgehead atoms. The molecule has 0 fully saturated rings. The second kappa shape index (κ2) is 7.19. The van der Waals surface area contributed by atoms with Crippen molar-refractivity contribution in [3.05, 3.63) is 39.8 Å². The van der Waals surface area contributed by atoms with Gasteiger partial charge in [0.1, 0.15) is 17.0 Å². The number of nitrogens with two attached hydrogens (primary N) is 1. The van der Waals surface area contributed by atoms with E-state index in [0.717, 1.165) is 12.0 Å². The zero-order chi connectivity index (χ0) is 17.0. The number of rotatable bonds is 5. The van der Waals surface area contributed by atoms with Crippen molar-refractivity contribution in [3.8, 4) is 0 Å². The summed E-state index contributed by atoms with van der Waals surface area (Å²) < 4.78 is 1.50. The number of pyridine rings is 1. The van der Waals surface area contributed by atoms with Crippen LogP contribution in [0.2, 0.25) is 0 Å². The number of anilines is 1. The minimum Gasteiger partial charge on any atom is -0.375 e. The Bertz CT molecular complexity index is 813. The first-order chi connectivity index (χ1) is 10.9. The van der Waals surface area contributed by atoms with Crippen LogP contribution in [0.4, 0.5) is 5.82 Å². The molecular formula is C15H20N6OS. The zero-order valence-corrected chi connectivity index (χ0v) is 14.1. The van der Waals surface area contributed by atoms with Crippen molar-refractivity contribution in [1.82, 2.24) is 14.8 Å². The van der Waals surface area contributed by atoms with Gasteiger partial charge in [-0.05, 0) is 44.1 Å². The molecule has 122 valence electrons. The Morgan fingerprint density at radius 1 is 1.61 bits per heavy atom. The molecular weight excluding hydrogens is 312 g/mol. The Morgan fingerprint density at radius 3 is 3.00 bits per heavy atom. The van der Waals surface area contributed by atoms with Crippen LogP contribution >= 0.6 is 12.2 Å². The fourth-order valence-corrected chi connectivity index (χ4v) is 2.09. The third-order valence-corrected chi connectivity index (χ3v) is 3.54. The molecule has 0 amide bonds. The monoisotopic (exact) mass is 332 g/mol. The molecule has 8 heteroatoms. The van der Waals surface area contributed by atoms with Gasteiger partial charge in [-0.3, -0.25) is 14.6 Å². The summed E-state index contributed by atoms with van der Waals surface area (Å²) in [6, 6.07) is 3.89. The van der Waals surface area contributed by atoms with Crippen molar-refractivity contribution in [2.45, 2.75) is 33.2 Å². The predicted octanol–water partition coefficient (Wildman–Crippen LogP) is 1.38. The third-order valence-electron chi connectivity index (χ3n) is 3.45. The number of fused-ring (bicyclic) bond motifs is 1. The summed E-state index contributed by atoms with van der Waals surface area (Å²) in [4.78, 5) is 17.3. The summed E-state index contributed by atoms with van der Waals surface area (Å²) in [6.07, 6.45) is 3.97. The van der Waals surface area contributed by atoms with Crippen molar-refractivity contribution in [3.63, 3.8) is 0 Å². The molecule has 0 saturated heterocycles.